The highest BCUT2D eigenvalue weighted by Crippen LogP contribution is 2.20. The lowest BCUT2D eigenvalue weighted by atomic mass is 10.0. The van der Waals surface area contributed by atoms with E-state index in [0.717, 1.165) is 30.5 Å². The average Bonchev–Trinajstić information content (AvgIpc) is 2.73. The number of methoxy groups -OCH3 is 1. The Bertz CT molecular complexity index is 1140. The second kappa shape index (κ2) is 8.57. The van der Waals surface area contributed by atoms with Crippen LogP contribution in [-0.4, -0.2) is 75.8 Å². The fourth-order valence-corrected chi connectivity index (χ4v) is 4.13. The third-order valence-corrected chi connectivity index (χ3v) is 5.98. The van der Waals surface area contributed by atoms with Crippen molar-refractivity contribution < 1.29 is 9.53 Å². The predicted octanol–water partition coefficient (Wildman–Crippen LogP) is -0.881. The molecule has 0 saturated carbocycles. The highest BCUT2D eigenvalue weighted by Gasteiger charge is 2.30. The van der Waals surface area contributed by atoms with Crippen LogP contribution in [0.25, 0.3) is 11.0 Å². The molecule has 0 aliphatic carbocycles. The standard InChI is InChI=1S/C20H29N5O5/c1-21-8-6-13(7-9-21)25(10-11-30-5)18(27)14-12-15(26)22(2)17-16(14)19(28)24(4)20(29)23(17)3/h12-13H,6-11H2,1-5H3. The van der Waals surface area contributed by atoms with Gasteiger partial charge in [-0.3, -0.25) is 28.1 Å². The first-order valence-electron chi connectivity index (χ1n) is 9.97. The summed E-state index contributed by atoms with van der Waals surface area (Å²) in [6.45, 7) is 2.41. The number of ether oxygens (including phenoxy) is 1. The number of piperidine rings is 1. The van der Waals surface area contributed by atoms with Gasteiger partial charge in [0.15, 0.2) is 0 Å². The van der Waals surface area contributed by atoms with E-state index in [4.69, 9.17) is 4.74 Å². The van der Waals surface area contributed by atoms with Gasteiger partial charge >= 0.3 is 5.69 Å². The van der Waals surface area contributed by atoms with Gasteiger partial charge in [-0.05, 0) is 33.0 Å². The van der Waals surface area contributed by atoms with Crippen LogP contribution in [0.2, 0.25) is 0 Å². The van der Waals surface area contributed by atoms with Crippen LogP contribution in [0.5, 0.6) is 0 Å². The maximum Gasteiger partial charge on any atom is 0.332 e. The van der Waals surface area contributed by atoms with Crippen molar-refractivity contribution in [3.05, 3.63) is 42.8 Å². The van der Waals surface area contributed by atoms with Crippen molar-refractivity contribution in [3.8, 4) is 0 Å². The van der Waals surface area contributed by atoms with Crippen molar-refractivity contribution in [2.45, 2.75) is 18.9 Å². The molecule has 0 bridgehead atoms. The molecule has 10 nitrogen and oxygen atoms in total. The van der Waals surface area contributed by atoms with Crippen molar-refractivity contribution in [1.29, 1.82) is 0 Å². The number of pyridine rings is 1. The number of amides is 1. The van der Waals surface area contributed by atoms with Gasteiger partial charge < -0.3 is 14.5 Å². The van der Waals surface area contributed by atoms with Crippen LogP contribution in [0.1, 0.15) is 23.2 Å². The zero-order chi connectivity index (χ0) is 22.2. The fourth-order valence-electron chi connectivity index (χ4n) is 4.13. The van der Waals surface area contributed by atoms with Crippen molar-refractivity contribution in [2.75, 3.05) is 40.4 Å². The first kappa shape index (κ1) is 22.0. The second-order valence-electron chi connectivity index (χ2n) is 7.89. The van der Waals surface area contributed by atoms with Crippen molar-refractivity contribution in [2.24, 2.45) is 21.1 Å². The highest BCUT2D eigenvalue weighted by atomic mass is 16.5. The second-order valence-corrected chi connectivity index (χ2v) is 7.89. The van der Waals surface area contributed by atoms with Crippen LogP contribution in [0.3, 0.4) is 0 Å². The van der Waals surface area contributed by atoms with E-state index in [2.05, 4.69) is 4.90 Å². The summed E-state index contributed by atoms with van der Waals surface area (Å²) in [6, 6.07) is 1.19. The van der Waals surface area contributed by atoms with Gasteiger partial charge in [-0.15, -0.1) is 0 Å². The van der Waals surface area contributed by atoms with Gasteiger partial charge in [0, 0.05) is 46.9 Å². The van der Waals surface area contributed by atoms with E-state index in [1.54, 1.807) is 12.0 Å². The SMILES string of the molecule is COCCN(C(=O)c1cc(=O)n(C)c2c1c(=O)n(C)c(=O)n2C)C1CCN(C)CC1. The number of carbonyl (C=O) groups is 1. The molecule has 1 aliphatic rings. The summed E-state index contributed by atoms with van der Waals surface area (Å²) >= 11 is 0. The van der Waals surface area contributed by atoms with Crippen molar-refractivity contribution >= 4 is 16.9 Å². The lowest BCUT2D eigenvalue weighted by Gasteiger charge is -2.37. The Hall–Kier alpha value is -2.72. The van der Waals surface area contributed by atoms with Crippen LogP contribution in [0.4, 0.5) is 0 Å². The predicted molar refractivity (Wildman–Crippen MR) is 113 cm³/mol. The number of hydrogen-bond donors (Lipinski definition) is 0. The largest absolute Gasteiger partial charge is 0.383 e. The van der Waals surface area contributed by atoms with Crippen molar-refractivity contribution in [1.82, 2.24) is 23.5 Å². The Morgan fingerprint density at radius 3 is 2.30 bits per heavy atom. The number of nitrogens with zero attached hydrogens (tertiary/aromatic N) is 5. The molecule has 30 heavy (non-hydrogen) atoms. The number of aryl methyl sites for hydroxylation is 2. The van der Waals surface area contributed by atoms with Gasteiger partial charge in [0.05, 0.1) is 17.6 Å². The van der Waals surface area contributed by atoms with Crippen LogP contribution in [0, 0.1) is 0 Å². The molecule has 2 aromatic heterocycles. The molecular weight excluding hydrogens is 390 g/mol. The lowest BCUT2D eigenvalue weighted by Crippen LogP contribution is -2.48. The zero-order valence-electron chi connectivity index (χ0n) is 18.2. The van der Waals surface area contributed by atoms with E-state index < -0.39 is 16.8 Å². The van der Waals surface area contributed by atoms with Gasteiger partial charge in [0.1, 0.15) is 5.65 Å². The number of aromatic nitrogens is 3. The minimum Gasteiger partial charge on any atom is -0.383 e. The average molecular weight is 419 g/mol. The third-order valence-electron chi connectivity index (χ3n) is 5.98. The van der Waals surface area contributed by atoms with Crippen LogP contribution < -0.4 is 16.8 Å². The molecule has 1 amide bonds. The fraction of sp³-hybridized carbons (Fsp3) is 0.600. The summed E-state index contributed by atoms with van der Waals surface area (Å²) in [5, 5.41) is 0.0713. The number of fused-ring (bicyclic) bond motifs is 1. The summed E-state index contributed by atoms with van der Waals surface area (Å²) < 4.78 is 8.61. The van der Waals surface area contributed by atoms with Gasteiger partial charge in [-0.2, -0.15) is 0 Å². The van der Waals surface area contributed by atoms with Crippen LogP contribution >= 0.6 is 0 Å². The van der Waals surface area contributed by atoms with E-state index in [1.807, 2.05) is 7.05 Å². The van der Waals surface area contributed by atoms with Gasteiger partial charge in [0.25, 0.3) is 17.0 Å². The molecule has 0 radical (unpaired) electrons. The minimum atomic E-state index is -0.595. The first-order valence-corrected chi connectivity index (χ1v) is 9.97. The molecule has 0 aromatic carbocycles. The molecule has 164 valence electrons. The number of hydrogen-bond acceptors (Lipinski definition) is 6. The Kier molecular flexibility index (Phi) is 6.27. The molecule has 0 unspecified atom stereocenters. The lowest BCUT2D eigenvalue weighted by molar-refractivity contribution is 0.0506. The Balaban J connectivity index is 2.22. The smallest absolute Gasteiger partial charge is 0.332 e. The maximum atomic E-state index is 13.6. The first-order chi connectivity index (χ1) is 14.2. The normalized spacial score (nSPS) is 15.6. The van der Waals surface area contributed by atoms with E-state index in [9.17, 15) is 19.2 Å². The third kappa shape index (κ3) is 3.72. The summed E-state index contributed by atoms with van der Waals surface area (Å²) in [5.41, 5.74) is -1.45. The van der Waals surface area contributed by atoms with E-state index in [0.29, 0.717) is 13.2 Å². The quantitative estimate of drug-likeness (QED) is 0.624. The molecule has 1 fully saturated rings. The molecule has 1 saturated heterocycles. The monoisotopic (exact) mass is 419 g/mol. The summed E-state index contributed by atoms with van der Waals surface area (Å²) in [7, 11) is 7.94. The number of likely N-dealkylation sites (tertiary alicyclic amines) is 1. The molecule has 0 spiro atoms. The molecule has 2 aromatic rings. The highest BCUT2D eigenvalue weighted by molar-refractivity contribution is 6.05. The summed E-state index contributed by atoms with van der Waals surface area (Å²) in [6.07, 6.45) is 1.59. The Morgan fingerprint density at radius 2 is 1.70 bits per heavy atom. The minimum absolute atomic E-state index is 0.0145. The van der Waals surface area contributed by atoms with E-state index >= 15 is 0 Å². The molecule has 0 atom stereocenters. The van der Waals surface area contributed by atoms with Gasteiger partial charge in [0.2, 0.25) is 0 Å². The molecule has 1 aliphatic heterocycles. The molecule has 3 rings (SSSR count). The topological polar surface area (TPSA) is 98.8 Å². The number of carbonyl (C=O) groups excluding carboxylic acids is 1. The number of rotatable bonds is 5. The summed E-state index contributed by atoms with van der Waals surface area (Å²) in [4.78, 5) is 55.5. The Labute approximate surface area is 173 Å². The van der Waals surface area contributed by atoms with E-state index in [1.165, 1.54) is 36.3 Å². The Morgan fingerprint density at radius 1 is 1.07 bits per heavy atom. The van der Waals surface area contributed by atoms with E-state index in [-0.39, 0.29) is 28.5 Å². The molecular formula is C20H29N5O5. The zero-order valence-corrected chi connectivity index (χ0v) is 18.2. The molecule has 10 heteroatoms. The van der Waals surface area contributed by atoms with Gasteiger partial charge in [-0.25, -0.2) is 4.79 Å². The maximum absolute atomic E-state index is 13.6. The van der Waals surface area contributed by atoms with Gasteiger partial charge in [-0.1, -0.05) is 0 Å². The molecule has 0 N–H and O–H groups in total. The van der Waals surface area contributed by atoms with Crippen LogP contribution in [0.15, 0.2) is 20.4 Å². The molecule has 3 heterocycles. The van der Waals surface area contributed by atoms with Crippen LogP contribution in [-0.2, 0) is 25.9 Å². The summed E-state index contributed by atoms with van der Waals surface area (Å²) in [5.74, 6) is -0.389. The van der Waals surface area contributed by atoms with Crippen molar-refractivity contribution in [3.63, 3.8) is 0 Å².